The highest BCUT2D eigenvalue weighted by atomic mass is 28.4. The molecular weight excluding hydrogens is 264 g/mol. The van der Waals surface area contributed by atoms with E-state index in [-0.39, 0.29) is 0 Å². The van der Waals surface area contributed by atoms with E-state index >= 15 is 0 Å². The SMILES string of the molecule is C=CC[Si](O)(O[SiH2]C=C(C)C)O[SiH2]C=C(C)C. The van der Waals surface area contributed by atoms with Crippen LogP contribution in [0.15, 0.2) is 35.2 Å². The van der Waals surface area contributed by atoms with E-state index in [2.05, 4.69) is 18.0 Å². The Labute approximate surface area is 110 Å². The van der Waals surface area contributed by atoms with Crippen LogP contribution in [0.2, 0.25) is 6.04 Å². The Kier molecular flexibility index (Phi) is 8.66. The zero-order chi connectivity index (χ0) is 13.3. The van der Waals surface area contributed by atoms with Crippen molar-refractivity contribution in [2.24, 2.45) is 0 Å². The van der Waals surface area contributed by atoms with E-state index in [0.29, 0.717) is 6.04 Å². The molecule has 17 heavy (non-hydrogen) atoms. The normalized spacial score (nSPS) is 15.1. The lowest BCUT2D eigenvalue weighted by Crippen LogP contribution is -2.43. The molecule has 0 atom stereocenters. The van der Waals surface area contributed by atoms with Gasteiger partial charge in [0.1, 0.15) is 0 Å². The Morgan fingerprint density at radius 1 is 1.12 bits per heavy atom. The molecule has 0 aromatic carbocycles. The average molecular weight is 289 g/mol. The van der Waals surface area contributed by atoms with E-state index in [1.54, 1.807) is 6.08 Å². The molecule has 0 aliphatic carbocycles. The monoisotopic (exact) mass is 288 g/mol. The molecule has 0 bridgehead atoms. The van der Waals surface area contributed by atoms with Gasteiger partial charge in [-0.2, -0.15) is 0 Å². The van der Waals surface area contributed by atoms with Crippen molar-refractivity contribution in [3.63, 3.8) is 0 Å². The molecule has 0 saturated heterocycles. The van der Waals surface area contributed by atoms with Gasteiger partial charge in [-0.05, 0) is 27.7 Å². The van der Waals surface area contributed by atoms with Crippen molar-refractivity contribution in [3.05, 3.63) is 35.2 Å². The summed E-state index contributed by atoms with van der Waals surface area (Å²) in [5.74, 6) is 0. The van der Waals surface area contributed by atoms with Gasteiger partial charge in [0.15, 0.2) is 19.5 Å². The lowest BCUT2D eigenvalue weighted by Gasteiger charge is -2.22. The summed E-state index contributed by atoms with van der Waals surface area (Å²) in [6, 6.07) is 0.445. The van der Waals surface area contributed by atoms with Gasteiger partial charge in [-0.1, -0.05) is 28.6 Å². The van der Waals surface area contributed by atoms with Crippen LogP contribution in [0.25, 0.3) is 0 Å². The van der Waals surface area contributed by atoms with Gasteiger partial charge in [0.2, 0.25) is 0 Å². The molecule has 0 amide bonds. The minimum Gasteiger partial charge on any atom is -0.418 e. The predicted octanol–water partition coefficient (Wildman–Crippen LogP) is 1.15. The van der Waals surface area contributed by atoms with E-state index < -0.39 is 28.3 Å². The maximum Gasteiger partial charge on any atom is 0.480 e. The van der Waals surface area contributed by atoms with Crippen molar-refractivity contribution in [2.75, 3.05) is 0 Å². The van der Waals surface area contributed by atoms with Gasteiger partial charge in [-0.15, -0.1) is 6.58 Å². The Bertz CT molecular complexity index is 270. The molecular formula is C11H24O3Si3. The Morgan fingerprint density at radius 2 is 1.53 bits per heavy atom. The van der Waals surface area contributed by atoms with Gasteiger partial charge in [-0.25, -0.2) is 0 Å². The zero-order valence-electron chi connectivity index (χ0n) is 11.3. The summed E-state index contributed by atoms with van der Waals surface area (Å²) < 4.78 is 11.3. The van der Waals surface area contributed by atoms with Crippen LogP contribution in [-0.4, -0.2) is 33.1 Å². The lowest BCUT2D eigenvalue weighted by atomic mass is 10.4. The van der Waals surface area contributed by atoms with Gasteiger partial charge in [-0.3, -0.25) is 0 Å². The van der Waals surface area contributed by atoms with E-state index in [4.69, 9.17) is 8.23 Å². The first-order valence-electron chi connectivity index (χ1n) is 5.77. The number of hydrogen-bond acceptors (Lipinski definition) is 3. The fraction of sp³-hybridized carbons (Fsp3) is 0.455. The van der Waals surface area contributed by atoms with Gasteiger partial charge in [0.05, 0.1) is 0 Å². The predicted molar refractivity (Wildman–Crippen MR) is 81.1 cm³/mol. The highest BCUT2D eigenvalue weighted by Crippen LogP contribution is 2.10. The molecule has 98 valence electrons. The molecule has 6 heteroatoms. The standard InChI is InChI=1S/C11H24O3Si3/c1-6-7-17(12,13-15-8-10(2)3)14-16-9-11(4)5/h6,8-9,12H,1,7,15-16H2,2-5H3. The topological polar surface area (TPSA) is 38.7 Å². The lowest BCUT2D eigenvalue weighted by molar-refractivity contribution is 0.270. The van der Waals surface area contributed by atoms with Crippen LogP contribution in [-0.2, 0) is 8.23 Å². The van der Waals surface area contributed by atoms with Crippen LogP contribution in [0.5, 0.6) is 0 Å². The van der Waals surface area contributed by atoms with Crippen LogP contribution in [0, 0.1) is 0 Å². The molecule has 1 N–H and O–H groups in total. The number of allylic oxidation sites excluding steroid dienone is 3. The average Bonchev–Trinajstić information content (AvgIpc) is 2.16. The third-order valence-electron chi connectivity index (χ3n) is 2.00. The van der Waals surface area contributed by atoms with Crippen molar-refractivity contribution >= 4 is 28.3 Å². The molecule has 0 radical (unpaired) electrons. The molecule has 0 aromatic rings. The van der Waals surface area contributed by atoms with Gasteiger partial charge in [0.25, 0.3) is 0 Å². The minimum absolute atomic E-state index is 0.445. The maximum absolute atomic E-state index is 10.3. The molecule has 0 spiro atoms. The molecule has 0 unspecified atom stereocenters. The second kappa shape index (κ2) is 8.79. The summed E-state index contributed by atoms with van der Waals surface area (Å²) in [6.07, 6.45) is 1.68. The Balaban J connectivity index is 4.29. The second-order valence-electron chi connectivity index (χ2n) is 4.39. The van der Waals surface area contributed by atoms with Crippen molar-refractivity contribution in [2.45, 2.75) is 33.7 Å². The van der Waals surface area contributed by atoms with E-state index in [1.165, 1.54) is 11.1 Å². The molecule has 0 fully saturated rings. The third kappa shape index (κ3) is 9.45. The first-order valence-corrected chi connectivity index (χ1v) is 10.5. The molecule has 0 aliphatic rings. The van der Waals surface area contributed by atoms with Crippen molar-refractivity contribution < 1.29 is 13.0 Å². The second-order valence-corrected chi connectivity index (χ2v) is 10.0. The van der Waals surface area contributed by atoms with E-state index in [1.807, 2.05) is 27.7 Å². The van der Waals surface area contributed by atoms with Crippen molar-refractivity contribution in [1.29, 1.82) is 0 Å². The third-order valence-corrected chi connectivity index (χ3v) is 9.72. The van der Waals surface area contributed by atoms with Crippen LogP contribution < -0.4 is 0 Å². The largest absolute Gasteiger partial charge is 0.480 e. The smallest absolute Gasteiger partial charge is 0.418 e. The fourth-order valence-electron chi connectivity index (χ4n) is 1.02. The van der Waals surface area contributed by atoms with E-state index in [0.717, 1.165) is 0 Å². The maximum atomic E-state index is 10.3. The number of rotatable bonds is 8. The van der Waals surface area contributed by atoms with Crippen LogP contribution in [0.3, 0.4) is 0 Å². The van der Waals surface area contributed by atoms with Gasteiger partial charge < -0.3 is 13.0 Å². The molecule has 0 rings (SSSR count). The molecule has 0 aliphatic heterocycles. The number of hydrogen-bond donors (Lipinski definition) is 1. The van der Waals surface area contributed by atoms with Crippen molar-refractivity contribution in [1.82, 2.24) is 0 Å². The summed E-state index contributed by atoms with van der Waals surface area (Å²) in [6.45, 7) is 11.8. The van der Waals surface area contributed by atoms with Crippen LogP contribution in [0.4, 0.5) is 0 Å². The zero-order valence-corrected chi connectivity index (χ0v) is 15.2. The van der Waals surface area contributed by atoms with Crippen LogP contribution >= 0.6 is 0 Å². The summed E-state index contributed by atoms with van der Waals surface area (Å²) in [7, 11) is -4.63. The Hall–Kier alpha value is -0.249. The Morgan fingerprint density at radius 3 is 1.82 bits per heavy atom. The van der Waals surface area contributed by atoms with Gasteiger partial charge in [0, 0.05) is 6.04 Å². The molecule has 0 aromatic heterocycles. The van der Waals surface area contributed by atoms with E-state index in [9.17, 15) is 4.80 Å². The highest BCUT2D eigenvalue weighted by Gasteiger charge is 2.33. The first-order chi connectivity index (χ1) is 7.89. The van der Waals surface area contributed by atoms with Crippen molar-refractivity contribution in [3.8, 4) is 0 Å². The molecule has 0 heterocycles. The fourth-order valence-corrected chi connectivity index (χ4v) is 6.83. The highest BCUT2D eigenvalue weighted by molar-refractivity contribution is 6.70. The quantitative estimate of drug-likeness (QED) is 0.538. The summed E-state index contributed by atoms with van der Waals surface area (Å²) >= 11 is 0. The van der Waals surface area contributed by atoms with Crippen LogP contribution in [0.1, 0.15) is 27.7 Å². The molecule has 0 saturated carbocycles. The summed E-state index contributed by atoms with van der Waals surface area (Å²) in [4.78, 5) is 10.3. The summed E-state index contributed by atoms with van der Waals surface area (Å²) in [5.41, 5.74) is 6.61. The molecule has 3 nitrogen and oxygen atoms in total. The minimum atomic E-state index is -2.97. The van der Waals surface area contributed by atoms with Gasteiger partial charge >= 0.3 is 8.80 Å². The summed E-state index contributed by atoms with van der Waals surface area (Å²) in [5, 5.41) is 0. The first kappa shape index (κ1) is 16.8.